The van der Waals surface area contributed by atoms with Crippen LogP contribution in [-0.2, 0) is 13.0 Å². The van der Waals surface area contributed by atoms with Crippen LogP contribution in [0.4, 0.5) is 0 Å². The average Bonchev–Trinajstić information content (AvgIpc) is 2.84. The first-order valence-electron chi connectivity index (χ1n) is 11.4. The molecule has 5 nitrogen and oxygen atoms in total. The maximum absolute atomic E-state index is 13.0. The molecule has 0 fully saturated rings. The van der Waals surface area contributed by atoms with Crippen LogP contribution in [-0.4, -0.2) is 37.6 Å². The number of nitrogens with one attached hydrogen (secondary N) is 1. The number of methoxy groups -OCH3 is 2. The monoisotopic (exact) mass is 444 g/mol. The van der Waals surface area contributed by atoms with Gasteiger partial charge in [0.15, 0.2) is 11.5 Å². The molecule has 0 radical (unpaired) electrons. The molecule has 1 N–H and O–H groups in total. The zero-order chi connectivity index (χ0) is 23.4. The Morgan fingerprint density at radius 3 is 2.36 bits per heavy atom. The van der Waals surface area contributed by atoms with Crippen LogP contribution in [0.3, 0.4) is 0 Å². The van der Waals surface area contributed by atoms with Crippen molar-refractivity contribution >= 4 is 5.91 Å². The molecule has 0 unspecified atom stereocenters. The van der Waals surface area contributed by atoms with Gasteiger partial charge in [-0.25, -0.2) is 0 Å². The van der Waals surface area contributed by atoms with Gasteiger partial charge < -0.3 is 14.8 Å². The summed E-state index contributed by atoms with van der Waals surface area (Å²) in [5.41, 5.74) is 5.58. The van der Waals surface area contributed by atoms with Gasteiger partial charge in [-0.3, -0.25) is 9.69 Å². The highest BCUT2D eigenvalue weighted by atomic mass is 16.5. The molecule has 2 atom stereocenters. The van der Waals surface area contributed by atoms with E-state index in [1.54, 1.807) is 14.2 Å². The summed E-state index contributed by atoms with van der Waals surface area (Å²) < 4.78 is 11.2. The van der Waals surface area contributed by atoms with Gasteiger partial charge in [0, 0.05) is 24.7 Å². The fraction of sp³-hybridized carbons (Fsp3) is 0.321. The van der Waals surface area contributed by atoms with Crippen LogP contribution in [0, 0.1) is 6.92 Å². The summed E-state index contributed by atoms with van der Waals surface area (Å²) in [6.07, 6.45) is 0.914. The third kappa shape index (κ3) is 5.04. The molecule has 1 aliphatic heterocycles. The van der Waals surface area contributed by atoms with Gasteiger partial charge in [-0.2, -0.15) is 0 Å². The van der Waals surface area contributed by atoms with Gasteiger partial charge in [-0.1, -0.05) is 48.0 Å². The number of hydrogen-bond donors (Lipinski definition) is 1. The molecule has 0 aromatic heterocycles. The minimum Gasteiger partial charge on any atom is -0.493 e. The SMILES string of the molecule is COc1cc2c(cc1OC)[C@H]([C@@H](C)NC(=O)c1ccccc1)N(Cc1ccc(C)cc1)CC2. The van der Waals surface area contributed by atoms with Crippen LogP contribution < -0.4 is 14.8 Å². The molecule has 172 valence electrons. The predicted octanol–water partition coefficient (Wildman–Crippen LogP) is 4.93. The first-order chi connectivity index (χ1) is 16.0. The summed E-state index contributed by atoms with van der Waals surface area (Å²) in [5, 5.41) is 3.25. The number of amides is 1. The van der Waals surface area contributed by atoms with Crippen molar-refractivity contribution in [2.24, 2.45) is 0 Å². The number of hydrogen-bond acceptors (Lipinski definition) is 4. The lowest BCUT2D eigenvalue weighted by atomic mass is 9.87. The van der Waals surface area contributed by atoms with Crippen molar-refractivity contribution < 1.29 is 14.3 Å². The highest BCUT2D eigenvalue weighted by Crippen LogP contribution is 2.40. The normalized spacial score (nSPS) is 16.5. The van der Waals surface area contributed by atoms with Gasteiger partial charge in [0.2, 0.25) is 0 Å². The van der Waals surface area contributed by atoms with Gasteiger partial charge in [0.1, 0.15) is 0 Å². The Labute approximate surface area is 196 Å². The van der Waals surface area contributed by atoms with E-state index >= 15 is 0 Å². The third-order valence-corrected chi connectivity index (χ3v) is 6.40. The molecule has 0 spiro atoms. The minimum atomic E-state index is -0.111. The molecule has 33 heavy (non-hydrogen) atoms. The molecular weight excluding hydrogens is 412 g/mol. The molecule has 3 aromatic carbocycles. The van der Waals surface area contributed by atoms with Crippen LogP contribution in [0.2, 0.25) is 0 Å². The molecule has 1 heterocycles. The van der Waals surface area contributed by atoms with Crippen LogP contribution in [0.25, 0.3) is 0 Å². The molecule has 0 aliphatic carbocycles. The molecule has 1 aliphatic rings. The van der Waals surface area contributed by atoms with Gasteiger partial charge in [-0.15, -0.1) is 0 Å². The minimum absolute atomic E-state index is 0.00233. The maximum atomic E-state index is 13.0. The van der Waals surface area contributed by atoms with E-state index in [0.717, 1.165) is 25.3 Å². The van der Waals surface area contributed by atoms with Crippen molar-refractivity contribution in [2.45, 2.75) is 38.9 Å². The number of fused-ring (bicyclic) bond motifs is 1. The summed E-state index contributed by atoms with van der Waals surface area (Å²) >= 11 is 0. The first-order valence-corrected chi connectivity index (χ1v) is 11.4. The molecule has 4 rings (SSSR count). The molecular formula is C28H32N2O3. The summed E-state index contributed by atoms with van der Waals surface area (Å²) in [6, 6.07) is 22.1. The lowest BCUT2D eigenvalue weighted by Crippen LogP contribution is -2.47. The van der Waals surface area contributed by atoms with Crippen LogP contribution >= 0.6 is 0 Å². The third-order valence-electron chi connectivity index (χ3n) is 6.40. The van der Waals surface area contributed by atoms with E-state index in [1.807, 2.05) is 30.3 Å². The maximum Gasteiger partial charge on any atom is 0.251 e. The van der Waals surface area contributed by atoms with Crippen molar-refractivity contribution in [1.29, 1.82) is 0 Å². The highest BCUT2D eigenvalue weighted by Gasteiger charge is 2.34. The van der Waals surface area contributed by atoms with Gasteiger partial charge in [0.05, 0.1) is 20.3 Å². The fourth-order valence-corrected chi connectivity index (χ4v) is 4.68. The predicted molar refractivity (Wildman–Crippen MR) is 131 cm³/mol. The van der Waals surface area contributed by atoms with Crippen molar-refractivity contribution in [3.8, 4) is 11.5 Å². The van der Waals surface area contributed by atoms with Crippen molar-refractivity contribution in [1.82, 2.24) is 10.2 Å². The Morgan fingerprint density at radius 2 is 1.70 bits per heavy atom. The van der Waals surface area contributed by atoms with Crippen LogP contribution in [0.15, 0.2) is 66.7 Å². The summed E-state index contributed by atoms with van der Waals surface area (Å²) in [7, 11) is 3.32. The Morgan fingerprint density at radius 1 is 1.03 bits per heavy atom. The number of nitrogens with zero attached hydrogens (tertiary/aromatic N) is 1. The average molecular weight is 445 g/mol. The van der Waals surface area contributed by atoms with Crippen molar-refractivity contribution in [3.63, 3.8) is 0 Å². The topological polar surface area (TPSA) is 50.8 Å². The lowest BCUT2D eigenvalue weighted by Gasteiger charge is -2.41. The lowest BCUT2D eigenvalue weighted by molar-refractivity contribution is 0.0877. The van der Waals surface area contributed by atoms with Gasteiger partial charge >= 0.3 is 0 Å². The van der Waals surface area contributed by atoms with Crippen LogP contribution in [0.1, 0.15) is 45.6 Å². The summed E-state index contributed by atoms with van der Waals surface area (Å²) in [4.78, 5) is 15.4. The van der Waals surface area contributed by atoms with Crippen molar-refractivity contribution in [3.05, 3.63) is 94.5 Å². The van der Waals surface area contributed by atoms with E-state index in [4.69, 9.17) is 9.47 Å². The number of aryl methyl sites for hydroxylation is 1. The number of ether oxygens (including phenoxy) is 2. The Bertz CT molecular complexity index is 1100. The molecule has 1 amide bonds. The molecule has 3 aromatic rings. The Kier molecular flexibility index (Phi) is 6.99. The Balaban J connectivity index is 1.68. The summed E-state index contributed by atoms with van der Waals surface area (Å²) in [5.74, 6) is 1.38. The second-order valence-corrected chi connectivity index (χ2v) is 8.69. The first kappa shape index (κ1) is 22.9. The van der Waals surface area contributed by atoms with E-state index in [1.165, 1.54) is 22.3 Å². The second-order valence-electron chi connectivity index (χ2n) is 8.69. The zero-order valence-corrected chi connectivity index (χ0v) is 19.8. The fourth-order valence-electron chi connectivity index (χ4n) is 4.68. The molecule has 5 heteroatoms. The van der Waals surface area contributed by atoms with Crippen LogP contribution in [0.5, 0.6) is 11.5 Å². The second kappa shape index (κ2) is 10.1. The van der Waals surface area contributed by atoms with Gasteiger partial charge in [-0.05, 0) is 61.2 Å². The molecule has 0 bridgehead atoms. The van der Waals surface area contributed by atoms with E-state index < -0.39 is 0 Å². The molecule has 0 saturated carbocycles. The number of carbonyl (C=O) groups excluding carboxylic acids is 1. The summed E-state index contributed by atoms with van der Waals surface area (Å²) in [6.45, 7) is 5.89. The Hall–Kier alpha value is -3.31. The van der Waals surface area contributed by atoms with Gasteiger partial charge in [0.25, 0.3) is 5.91 Å². The standard InChI is InChI=1S/C28H32N2O3/c1-19-10-12-21(13-11-19)18-30-15-14-23-16-25(32-3)26(33-4)17-24(23)27(30)20(2)29-28(31)22-8-6-5-7-9-22/h5-13,16-17,20,27H,14-15,18H2,1-4H3,(H,29,31)/t20-,27+/m1/s1. The number of benzene rings is 3. The quantitative estimate of drug-likeness (QED) is 0.561. The van der Waals surface area contributed by atoms with Crippen molar-refractivity contribution in [2.75, 3.05) is 20.8 Å². The smallest absolute Gasteiger partial charge is 0.251 e. The van der Waals surface area contributed by atoms with E-state index in [-0.39, 0.29) is 18.0 Å². The van der Waals surface area contributed by atoms with E-state index in [9.17, 15) is 4.79 Å². The number of carbonyl (C=O) groups is 1. The zero-order valence-electron chi connectivity index (χ0n) is 19.8. The number of rotatable bonds is 7. The molecule has 0 saturated heterocycles. The highest BCUT2D eigenvalue weighted by molar-refractivity contribution is 5.94. The van der Waals surface area contributed by atoms with E-state index in [0.29, 0.717) is 11.3 Å². The van der Waals surface area contributed by atoms with E-state index in [2.05, 4.69) is 60.5 Å². The largest absolute Gasteiger partial charge is 0.493 e.